The maximum Gasteiger partial charge on any atom is 0.219 e. The lowest BCUT2D eigenvalue weighted by Gasteiger charge is -2.14. The topological polar surface area (TPSA) is 93.0 Å². The van der Waals surface area contributed by atoms with Crippen LogP contribution in [0.25, 0.3) is 0 Å². The number of ether oxygens (including phenoxy) is 2. The number of aromatic hydroxyl groups is 1. The minimum Gasteiger partial charge on any atom is -0.798 e. The number of aryl methyl sites for hydroxylation is 1. The summed E-state index contributed by atoms with van der Waals surface area (Å²) in [5.41, 5.74) is 1.74. The highest BCUT2D eigenvalue weighted by atomic mass is 35.5. The molecule has 0 fully saturated rings. The van der Waals surface area contributed by atoms with E-state index in [4.69, 9.17) is 32.7 Å². The molecule has 21 heavy (non-hydrogen) atoms. The maximum atomic E-state index is 10.1. The third-order valence-corrected chi connectivity index (χ3v) is 5.64. The molecule has 9 heteroatoms. The van der Waals surface area contributed by atoms with E-state index in [-0.39, 0.29) is 17.0 Å². The van der Waals surface area contributed by atoms with E-state index in [1.165, 1.54) is 0 Å². The molecule has 1 aliphatic heterocycles. The lowest BCUT2D eigenvalue weighted by molar-refractivity contribution is -0.389. The molecule has 120 valence electrons. The number of fused-ring (bicyclic) bond motifs is 1. The van der Waals surface area contributed by atoms with Crippen LogP contribution in [-0.4, -0.2) is 23.0 Å². The molecular formula is C12H18Cl2NO5P. The van der Waals surface area contributed by atoms with Gasteiger partial charge in [-0.1, -0.05) is 0 Å². The molecule has 2 heterocycles. The minimum atomic E-state index is -3.37. The first-order chi connectivity index (χ1) is 9.86. The van der Waals surface area contributed by atoms with Crippen molar-refractivity contribution in [3.63, 3.8) is 0 Å². The lowest BCUT2D eigenvalue weighted by atomic mass is 10.1. The molecule has 0 aromatic carbocycles. The Morgan fingerprint density at radius 3 is 2.67 bits per heavy atom. The van der Waals surface area contributed by atoms with Crippen LogP contribution in [0.2, 0.25) is 0 Å². The van der Waals surface area contributed by atoms with Crippen LogP contribution in [0.5, 0.6) is 5.75 Å². The van der Waals surface area contributed by atoms with Crippen LogP contribution >= 0.6 is 30.6 Å². The second-order valence-corrected chi connectivity index (χ2v) is 7.89. The van der Waals surface area contributed by atoms with Gasteiger partial charge in [-0.2, -0.15) is 0 Å². The van der Waals surface area contributed by atoms with Gasteiger partial charge in [0.25, 0.3) is 0 Å². The molecule has 0 bridgehead atoms. The molecule has 2 N–H and O–H groups in total. The Balaban J connectivity index is 0.000000270. The Morgan fingerprint density at radius 1 is 1.57 bits per heavy atom. The second kappa shape index (κ2) is 8.32. The van der Waals surface area contributed by atoms with Crippen molar-refractivity contribution in [3.05, 3.63) is 23.0 Å². The summed E-state index contributed by atoms with van der Waals surface area (Å²) in [5.74, 6) is 0.249. The largest absolute Gasteiger partial charge is 0.798 e. The van der Waals surface area contributed by atoms with Gasteiger partial charge in [-0.25, -0.2) is 4.98 Å². The predicted molar refractivity (Wildman–Crippen MR) is 77.6 cm³/mol. The number of alkyl halides is 2. The summed E-state index contributed by atoms with van der Waals surface area (Å²) in [4.78, 5) is 13.1. The average Bonchev–Trinajstić information content (AvgIpc) is 2.88. The van der Waals surface area contributed by atoms with Crippen molar-refractivity contribution < 1.29 is 29.0 Å². The van der Waals surface area contributed by atoms with E-state index in [1.807, 2.05) is 20.0 Å². The highest BCUT2D eigenvalue weighted by molar-refractivity contribution is 7.59. The van der Waals surface area contributed by atoms with Gasteiger partial charge in [0.2, 0.25) is 5.69 Å². The number of aromatic amines is 1. The third-order valence-electron chi connectivity index (χ3n) is 2.73. The second-order valence-electron chi connectivity index (χ2n) is 4.35. The van der Waals surface area contributed by atoms with Crippen molar-refractivity contribution in [3.8, 4) is 5.75 Å². The molecule has 0 spiro atoms. The predicted octanol–water partition coefficient (Wildman–Crippen LogP) is 2.10. The van der Waals surface area contributed by atoms with Gasteiger partial charge in [-0.3, -0.25) is 0 Å². The number of pyridine rings is 1. The number of hydrogen-bond acceptors (Lipinski definition) is 5. The average molecular weight is 358 g/mol. The summed E-state index contributed by atoms with van der Waals surface area (Å²) in [6, 6.07) is 0. The third kappa shape index (κ3) is 5.09. The number of hydrogen-bond donors (Lipinski definition) is 1. The van der Waals surface area contributed by atoms with Crippen LogP contribution in [0.4, 0.5) is 0 Å². The van der Waals surface area contributed by atoms with E-state index < -0.39 is 13.7 Å². The van der Waals surface area contributed by atoms with E-state index >= 15 is 0 Å². The normalized spacial score (nSPS) is 17.1. The van der Waals surface area contributed by atoms with Gasteiger partial charge in [0, 0.05) is 20.9 Å². The van der Waals surface area contributed by atoms with Gasteiger partial charge in [0.1, 0.15) is 0 Å². The summed E-state index contributed by atoms with van der Waals surface area (Å²) in [6.07, 6.45) is 1.44. The fourth-order valence-corrected chi connectivity index (χ4v) is 2.47. The molecule has 1 unspecified atom stereocenters. The number of rotatable bonds is 4. The quantitative estimate of drug-likeness (QED) is 0.657. The van der Waals surface area contributed by atoms with Gasteiger partial charge in [0.15, 0.2) is 18.2 Å². The molecule has 1 aromatic heterocycles. The zero-order valence-electron chi connectivity index (χ0n) is 11.8. The Kier molecular flexibility index (Phi) is 7.40. The van der Waals surface area contributed by atoms with Crippen LogP contribution in [0.15, 0.2) is 6.20 Å². The Morgan fingerprint density at radius 2 is 2.19 bits per heavy atom. The van der Waals surface area contributed by atoms with Crippen LogP contribution in [0.3, 0.4) is 0 Å². The summed E-state index contributed by atoms with van der Waals surface area (Å²) >= 11 is 9.87. The first kappa shape index (κ1) is 18.7. The van der Waals surface area contributed by atoms with Crippen LogP contribution in [0.1, 0.15) is 30.0 Å². The summed E-state index contributed by atoms with van der Waals surface area (Å²) in [7, 11) is -3.37. The van der Waals surface area contributed by atoms with E-state index in [1.54, 1.807) is 0 Å². The molecule has 1 atom stereocenters. The van der Waals surface area contributed by atoms with E-state index in [2.05, 4.69) is 4.98 Å². The van der Waals surface area contributed by atoms with E-state index in [0.717, 1.165) is 16.8 Å². The number of halogens is 2. The number of H-pyrrole nitrogens is 1. The fraction of sp³-hybridized carbons (Fsp3) is 0.583. The standard InChI is InChI=1S/C10H13NO3.C2H5Cl2O2P/c1-3-13-10-8-7(5-14-10)4-11-6(2)9(8)12;3-1-7(5,6)2-4/h4,10,12H,3,5H2,1-2H3;1-2H2,(H,5,6). The lowest BCUT2D eigenvalue weighted by Crippen LogP contribution is -2.10. The molecular weight excluding hydrogens is 340 g/mol. The molecule has 2 rings (SSSR count). The van der Waals surface area contributed by atoms with Crippen LogP contribution in [0, 0.1) is 6.92 Å². The maximum absolute atomic E-state index is 10.1. The summed E-state index contributed by atoms with van der Waals surface area (Å²) in [6.45, 7) is 4.78. The van der Waals surface area contributed by atoms with Crippen molar-refractivity contribution in [1.82, 2.24) is 0 Å². The van der Waals surface area contributed by atoms with Crippen LogP contribution < -0.4 is 9.88 Å². The molecule has 0 aliphatic carbocycles. The van der Waals surface area contributed by atoms with Gasteiger partial charge in [-0.15, -0.1) is 23.2 Å². The zero-order chi connectivity index (χ0) is 16.0. The van der Waals surface area contributed by atoms with Gasteiger partial charge in [0.05, 0.1) is 29.0 Å². The van der Waals surface area contributed by atoms with E-state index in [9.17, 15) is 14.6 Å². The van der Waals surface area contributed by atoms with Crippen molar-refractivity contribution in [2.45, 2.75) is 26.7 Å². The molecule has 0 amide bonds. The minimum absolute atomic E-state index is 0.249. The molecule has 1 aliphatic rings. The van der Waals surface area contributed by atoms with E-state index in [0.29, 0.717) is 13.2 Å². The van der Waals surface area contributed by atoms with Crippen molar-refractivity contribution >= 4 is 30.6 Å². The van der Waals surface area contributed by atoms with Gasteiger partial charge in [-0.05, 0) is 6.92 Å². The molecule has 1 aromatic rings. The number of aromatic nitrogens is 1. The van der Waals surface area contributed by atoms with Crippen LogP contribution in [-0.2, 0) is 20.6 Å². The molecule has 0 radical (unpaired) electrons. The van der Waals surface area contributed by atoms with Gasteiger partial charge >= 0.3 is 0 Å². The Hall–Kier alpha value is -0.360. The zero-order valence-corrected chi connectivity index (χ0v) is 14.2. The van der Waals surface area contributed by atoms with Crippen molar-refractivity contribution in [2.75, 3.05) is 17.8 Å². The summed E-state index contributed by atoms with van der Waals surface area (Å²) in [5, 5.41) is 9.82. The smallest absolute Gasteiger partial charge is 0.219 e. The molecule has 0 saturated carbocycles. The first-order valence-electron chi connectivity index (χ1n) is 6.23. The molecule has 0 saturated heterocycles. The van der Waals surface area contributed by atoms with Crippen molar-refractivity contribution in [1.29, 1.82) is 0 Å². The monoisotopic (exact) mass is 357 g/mol. The SMILES string of the molecule is CCOC1OCc2c[nH+]c(C)c(O)c21.O=P([O-])(CCl)CCl. The number of nitrogens with one attached hydrogen (secondary N) is 1. The van der Waals surface area contributed by atoms with Crippen molar-refractivity contribution in [2.24, 2.45) is 0 Å². The highest BCUT2D eigenvalue weighted by Crippen LogP contribution is 2.37. The Labute approximate surface area is 133 Å². The summed E-state index contributed by atoms with van der Waals surface area (Å²) < 4.78 is 20.9. The highest BCUT2D eigenvalue weighted by Gasteiger charge is 2.30. The molecule has 6 nitrogen and oxygen atoms in total. The first-order valence-corrected chi connectivity index (χ1v) is 9.30. The Bertz CT molecular complexity index is 519. The van der Waals surface area contributed by atoms with Gasteiger partial charge < -0.3 is 24.0 Å². The fourth-order valence-electron chi connectivity index (χ4n) is 1.64.